The Kier molecular flexibility index (Phi) is 12.2. The molecule has 3 amide bonds. The highest BCUT2D eigenvalue weighted by Gasteiger charge is 2.32. The van der Waals surface area contributed by atoms with Crippen molar-refractivity contribution in [3.8, 4) is 0 Å². The van der Waals surface area contributed by atoms with Crippen molar-refractivity contribution >= 4 is 40.7 Å². The van der Waals surface area contributed by atoms with E-state index in [1.54, 1.807) is 30.3 Å². The summed E-state index contributed by atoms with van der Waals surface area (Å²) in [4.78, 5) is 44.7. The van der Waals surface area contributed by atoms with Crippen molar-refractivity contribution in [2.24, 2.45) is 11.8 Å². The van der Waals surface area contributed by atoms with Gasteiger partial charge in [0.2, 0.25) is 5.91 Å². The molecule has 256 valence electrons. The zero-order valence-electron chi connectivity index (χ0n) is 29.1. The third-order valence-electron chi connectivity index (χ3n) is 8.41. The first-order valence-electron chi connectivity index (χ1n) is 17.3. The largest absolute Gasteiger partial charge is 0.444 e. The minimum absolute atomic E-state index is 0.0817. The standard InChI is InChI=1S/C41H48N4O4/c1-29(2)26-44(27-30(3)4)24-11-10-13-31-20-22-32(23-21-31)25-38(46)45-37-19-9-8-17-35(37)42-40(47)34-16-12-18-36(39(34)45)43-41(48)49-28-33-14-6-5-7-15-33/h5-9,12,14-23,29-30H,10-11,13,24-28H2,1-4H3,(H,42,47)(H,43,48). The molecule has 0 bridgehead atoms. The third kappa shape index (κ3) is 9.80. The van der Waals surface area contributed by atoms with Gasteiger partial charge >= 0.3 is 6.09 Å². The van der Waals surface area contributed by atoms with E-state index in [1.807, 2.05) is 54.6 Å². The minimum atomic E-state index is -0.689. The first-order chi connectivity index (χ1) is 23.7. The van der Waals surface area contributed by atoms with Gasteiger partial charge in [-0.1, -0.05) is 100 Å². The maximum Gasteiger partial charge on any atom is 0.412 e. The molecule has 0 fully saturated rings. The summed E-state index contributed by atoms with van der Waals surface area (Å²) in [6, 6.07) is 29.8. The molecule has 49 heavy (non-hydrogen) atoms. The molecule has 8 heteroatoms. The van der Waals surface area contributed by atoms with Crippen molar-refractivity contribution in [3.63, 3.8) is 0 Å². The predicted octanol–water partition coefficient (Wildman–Crippen LogP) is 8.85. The number of nitrogens with one attached hydrogen (secondary N) is 2. The number of carbonyl (C=O) groups is 3. The smallest absolute Gasteiger partial charge is 0.412 e. The molecule has 2 N–H and O–H groups in total. The van der Waals surface area contributed by atoms with Crippen molar-refractivity contribution < 1.29 is 19.1 Å². The summed E-state index contributed by atoms with van der Waals surface area (Å²) in [5.74, 6) is 0.706. The third-order valence-corrected chi connectivity index (χ3v) is 8.41. The number of hydrogen-bond acceptors (Lipinski definition) is 5. The van der Waals surface area contributed by atoms with Gasteiger partial charge < -0.3 is 15.0 Å². The Morgan fingerprint density at radius 1 is 0.776 bits per heavy atom. The van der Waals surface area contributed by atoms with E-state index in [0.717, 1.165) is 50.0 Å². The Morgan fingerprint density at radius 3 is 2.16 bits per heavy atom. The summed E-state index contributed by atoms with van der Waals surface area (Å²) in [6.07, 6.45) is 2.66. The number of benzene rings is 4. The fourth-order valence-electron chi connectivity index (χ4n) is 6.31. The van der Waals surface area contributed by atoms with Crippen molar-refractivity contribution in [2.75, 3.05) is 35.2 Å². The number of rotatable bonds is 14. The lowest BCUT2D eigenvalue weighted by atomic mass is 10.0. The highest BCUT2D eigenvalue weighted by atomic mass is 16.5. The van der Waals surface area contributed by atoms with Gasteiger partial charge in [-0.25, -0.2) is 4.79 Å². The van der Waals surface area contributed by atoms with E-state index >= 15 is 0 Å². The Morgan fingerprint density at radius 2 is 1.45 bits per heavy atom. The monoisotopic (exact) mass is 660 g/mol. The van der Waals surface area contributed by atoms with E-state index in [2.05, 4.69) is 55.4 Å². The van der Waals surface area contributed by atoms with Gasteiger partial charge in [-0.15, -0.1) is 0 Å². The van der Waals surface area contributed by atoms with E-state index in [9.17, 15) is 14.4 Å². The van der Waals surface area contributed by atoms with Crippen LogP contribution in [0, 0.1) is 11.8 Å². The molecular weight excluding hydrogens is 612 g/mol. The van der Waals surface area contributed by atoms with Crippen LogP contribution in [0.25, 0.3) is 0 Å². The lowest BCUT2D eigenvalue weighted by molar-refractivity contribution is -0.117. The minimum Gasteiger partial charge on any atom is -0.444 e. The first-order valence-corrected chi connectivity index (χ1v) is 17.3. The zero-order valence-corrected chi connectivity index (χ0v) is 29.1. The van der Waals surface area contributed by atoms with Crippen LogP contribution in [-0.4, -0.2) is 42.4 Å². The zero-order chi connectivity index (χ0) is 34.8. The maximum absolute atomic E-state index is 14.3. The second-order valence-electron chi connectivity index (χ2n) is 13.6. The molecule has 0 saturated heterocycles. The summed E-state index contributed by atoms with van der Waals surface area (Å²) in [6.45, 7) is 12.6. The molecule has 1 aliphatic heterocycles. The van der Waals surface area contributed by atoms with Gasteiger partial charge in [0.25, 0.3) is 5.91 Å². The summed E-state index contributed by atoms with van der Waals surface area (Å²) < 4.78 is 5.47. The Labute approximate surface area is 290 Å². The molecule has 0 spiro atoms. The number of amides is 3. The molecule has 0 radical (unpaired) electrons. The average molecular weight is 661 g/mol. The van der Waals surface area contributed by atoms with Gasteiger partial charge in [0.1, 0.15) is 6.61 Å². The van der Waals surface area contributed by atoms with E-state index in [0.29, 0.717) is 34.6 Å². The van der Waals surface area contributed by atoms with E-state index < -0.39 is 6.09 Å². The second-order valence-corrected chi connectivity index (χ2v) is 13.6. The van der Waals surface area contributed by atoms with Crippen molar-refractivity contribution in [1.82, 2.24) is 4.90 Å². The van der Waals surface area contributed by atoms with Crippen LogP contribution in [0.2, 0.25) is 0 Å². The van der Waals surface area contributed by atoms with Gasteiger partial charge in [0.15, 0.2) is 0 Å². The molecule has 0 aliphatic carbocycles. The second kappa shape index (κ2) is 16.9. The molecule has 1 aliphatic rings. The van der Waals surface area contributed by atoms with Crippen LogP contribution in [0.1, 0.15) is 67.6 Å². The van der Waals surface area contributed by atoms with Gasteiger partial charge in [-0.05, 0) is 78.6 Å². The maximum atomic E-state index is 14.3. The average Bonchev–Trinajstić information content (AvgIpc) is 3.20. The first kappa shape index (κ1) is 35.4. The summed E-state index contributed by atoms with van der Waals surface area (Å²) >= 11 is 0. The lowest BCUT2D eigenvalue weighted by Gasteiger charge is -2.26. The van der Waals surface area contributed by atoms with Gasteiger partial charge in [0.05, 0.1) is 34.7 Å². The molecule has 4 aromatic rings. The SMILES string of the molecule is CC(C)CN(CCCCc1ccc(CC(=O)N2c3ccccc3NC(=O)c3cccc(NC(=O)OCc4ccccc4)c32)cc1)CC(C)C. The number of ether oxygens (including phenoxy) is 1. The van der Waals surface area contributed by atoms with Gasteiger partial charge in [-0.2, -0.15) is 0 Å². The molecule has 5 rings (SSSR count). The lowest BCUT2D eigenvalue weighted by Crippen LogP contribution is -2.32. The molecule has 0 atom stereocenters. The van der Waals surface area contributed by atoms with Crippen LogP contribution < -0.4 is 15.5 Å². The summed E-state index contributed by atoms with van der Waals surface area (Å²) in [5.41, 5.74) is 4.84. The molecule has 1 heterocycles. The molecule has 0 unspecified atom stereocenters. The van der Waals surface area contributed by atoms with Crippen LogP contribution in [0.5, 0.6) is 0 Å². The number of nitrogens with zero attached hydrogens (tertiary/aromatic N) is 2. The fraction of sp³-hybridized carbons (Fsp3) is 0.341. The number of anilines is 4. The highest BCUT2D eigenvalue weighted by Crippen LogP contribution is 2.42. The van der Waals surface area contributed by atoms with E-state index in [4.69, 9.17) is 4.74 Å². The van der Waals surface area contributed by atoms with Gasteiger partial charge in [0, 0.05) is 13.1 Å². The molecule has 0 aromatic heterocycles. The predicted molar refractivity (Wildman–Crippen MR) is 197 cm³/mol. The van der Waals surface area contributed by atoms with Crippen molar-refractivity contribution in [3.05, 3.63) is 119 Å². The van der Waals surface area contributed by atoms with Crippen LogP contribution in [-0.2, 0) is 29.0 Å². The number of para-hydroxylation sites is 3. The Hall–Kier alpha value is -4.95. The Bertz CT molecular complexity index is 1710. The van der Waals surface area contributed by atoms with Crippen molar-refractivity contribution in [2.45, 2.75) is 60.0 Å². The molecule has 4 aromatic carbocycles. The Balaban J connectivity index is 1.30. The topological polar surface area (TPSA) is 91.0 Å². The van der Waals surface area contributed by atoms with Crippen LogP contribution >= 0.6 is 0 Å². The summed E-state index contributed by atoms with van der Waals surface area (Å²) in [5, 5.41) is 5.72. The molecule has 0 saturated carbocycles. The number of carbonyl (C=O) groups excluding carboxylic acids is 3. The quantitative estimate of drug-likeness (QED) is 0.132. The van der Waals surface area contributed by atoms with E-state index in [-0.39, 0.29) is 30.4 Å². The highest BCUT2D eigenvalue weighted by molar-refractivity contribution is 6.20. The summed E-state index contributed by atoms with van der Waals surface area (Å²) in [7, 11) is 0. The normalized spacial score (nSPS) is 12.4. The number of unbranched alkanes of at least 4 members (excludes halogenated alkanes) is 1. The van der Waals surface area contributed by atoms with Gasteiger partial charge in [-0.3, -0.25) is 19.8 Å². The van der Waals surface area contributed by atoms with Crippen LogP contribution in [0.15, 0.2) is 97.1 Å². The van der Waals surface area contributed by atoms with E-state index in [1.165, 1.54) is 10.5 Å². The number of hydrogen-bond donors (Lipinski definition) is 2. The number of fused-ring (bicyclic) bond motifs is 2. The molecule has 8 nitrogen and oxygen atoms in total. The van der Waals surface area contributed by atoms with Crippen LogP contribution in [0.4, 0.5) is 27.5 Å². The fourth-order valence-corrected chi connectivity index (χ4v) is 6.31. The van der Waals surface area contributed by atoms with Crippen LogP contribution in [0.3, 0.4) is 0 Å². The molecular formula is C41H48N4O4. The van der Waals surface area contributed by atoms with Crippen molar-refractivity contribution in [1.29, 1.82) is 0 Å². The number of aryl methyl sites for hydroxylation is 1.